The quantitative estimate of drug-likeness (QED) is 0.0188. The van der Waals surface area contributed by atoms with E-state index in [0.29, 0.717) is 17.7 Å². The highest BCUT2D eigenvalue weighted by Crippen LogP contribution is 2.26. The lowest BCUT2D eigenvalue weighted by atomic mass is 9.99. The molecule has 3 heterocycles. The van der Waals surface area contributed by atoms with Crippen molar-refractivity contribution in [3.63, 3.8) is 0 Å². The summed E-state index contributed by atoms with van der Waals surface area (Å²) in [6, 6.07) is -16.1. The number of aliphatic hydroxyl groups excluding tert-OH is 7. The van der Waals surface area contributed by atoms with Crippen LogP contribution < -0.4 is 70.4 Å². The number of rotatable bonds is 25. The molecule has 1 aromatic rings. The lowest BCUT2D eigenvalue weighted by molar-refractivity contribution is -0.155. The molecule has 13 amide bonds. The topological polar surface area (TPSA) is 615 Å². The summed E-state index contributed by atoms with van der Waals surface area (Å²) >= 11 is 0. The van der Waals surface area contributed by atoms with E-state index >= 15 is 0 Å². The van der Waals surface area contributed by atoms with Crippen LogP contribution in [0.4, 0.5) is 5.69 Å². The predicted molar refractivity (Wildman–Crippen MR) is 390 cm³/mol. The van der Waals surface area contributed by atoms with E-state index in [1.807, 2.05) is 0 Å². The third-order valence-electron chi connectivity index (χ3n) is 19.1. The number of benzene rings is 1. The monoisotopic (exact) mass is 1550 g/mol. The fraction of sp³-hybridized carbons (Fsp3) is 0.718. The fourth-order valence-corrected chi connectivity index (χ4v) is 12.9. The van der Waals surface area contributed by atoms with Crippen LogP contribution in [0.25, 0.3) is 0 Å². The number of primary amides is 1. The largest absolute Gasteiger partial charge is 0.506 e. The summed E-state index contributed by atoms with van der Waals surface area (Å²) in [5, 5.41) is 111. The van der Waals surface area contributed by atoms with Gasteiger partial charge in [-0.25, -0.2) is 4.79 Å². The van der Waals surface area contributed by atoms with Gasteiger partial charge in [-0.2, -0.15) is 0 Å². The molecule has 19 atom stereocenters. The molecule has 0 spiro atoms. The second-order valence-electron chi connectivity index (χ2n) is 28.9. The summed E-state index contributed by atoms with van der Waals surface area (Å²) in [7, 11) is 0. The SMILES string of the molecule is CCCCCCCCCCCCC[C@@H]1CC(=O)N[C@H]([C@@H](C)O)C(=O)N[C@H](C)C(=O)N[C@@H](Cc2ccc(O)c(N)c2)C(=O)N[C@@H](C(C)C)C(=O)N2C[C@H](O)C[C@H]2C(=O)N[C@H]([C@@H](C)O)C(=O)N[C@@H]([C@@H](C)O)C(=O)N2CC[C@H](O)[C@H]2C(=O)N[C@@H]([C@H](O)CC(N)=O)C(=O)NCC(=O)N[C@H]([C@@H](C)O)C(=O)N[C@@H](CCCN)C(=O)O1. The Labute approximate surface area is 633 Å². The minimum atomic E-state index is -2.22. The standard InChI is InChI=1S/C71H117N15O23/c1-9-10-11-12-13-14-15-16-17-18-19-21-43-31-52(96)79-55(37(5)87)65(102)76-36(4)61(98)78-46(29-41-23-24-48(92)44(73)28-41)62(99)81-54(35(2)3)69(106)86-34-42(91)30-47(86)63(100)82-57(39(7)89)67(104)83-58(40(8)90)70(107)85-27-25-49(93)60(85)68(105)84-59(50(94)32-51(74)95)64(101)75-33-53(97)80-56(38(6)88)66(103)77-45(22-20-26-72)71(108)109-43/h23-24,28,35-40,42-43,45-47,49-50,54-60,87-94H,9-22,25-27,29-34,72-73H2,1-8H3,(H2,74,95)(H,75,101)(H,76,102)(H,77,103)(H,78,98)(H,79,96)(H,80,97)(H,81,99)(H,82,100)(H,83,104)(H,84,105)/t36-,37-,38-,39-,40-,42-,43-,45+,46+,47+,49+,50-,54+,55-,56-,57-,58+,59+,60+/m1/s1. The Morgan fingerprint density at radius 3 is 1.64 bits per heavy atom. The summed E-state index contributed by atoms with van der Waals surface area (Å²) < 4.78 is 5.95. The average molecular weight is 1550 g/mol. The first-order chi connectivity index (χ1) is 51.3. The van der Waals surface area contributed by atoms with E-state index in [2.05, 4.69) is 60.1 Å². The zero-order valence-corrected chi connectivity index (χ0v) is 63.4. The van der Waals surface area contributed by atoms with Gasteiger partial charge in [0.15, 0.2) is 0 Å². The minimum absolute atomic E-state index is 0.0207. The van der Waals surface area contributed by atoms with Crippen LogP contribution >= 0.6 is 0 Å². The van der Waals surface area contributed by atoms with Crippen LogP contribution in [0.5, 0.6) is 5.75 Å². The molecule has 3 aliphatic heterocycles. The van der Waals surface area contributed by atoms with E-state index < -0.39 is 249 Å². The number of hydrogen-bond donors (Lipinski definition) is 21. The molecule has 0 saturated carbocycles. The molecule has 0 aromatic heterocycles. The van der Waals surface area contributed by atoms with Gasteiger partial charge in [-0.1, -0.05) is 91.0 Å². The summed E-state index contributed by atoms with van der Waals surface area (Å²) in [4.78, 5) is 199. The van der Waals surface area contributed by atoms with Crippen molar-refractivity contribution in [3.8, 4) is 5.75 Å². The number of nitrogens with one attached hydrogen (secondary N) is 10. The van der Waals surface area contributed by atoms with Gasteiger partial charge in [0.1, 0.15) is 78.3 Å². The Morgan fingerprint density at radius 1 is 0.569 bits per heavy atom. The Morgan fingerprint density at radius 2 is 1.08 bits per heavy atom. The number of nitrogens with zero attached hydrogens (tertiary/aromatic N) is 2. The third kappa shape index (κ3) is 29.1. The van der Waals surface area contributed by atoms with E-state index in [1.165, 1.54) is 39.0 Å². The second kappa shape index (κ2) is 45.3. The van der Waals surface area contributed by atoms with Gasteiger partial charge in [0.2, 0.25) is 76.8 Å². The van der Waals surface area contributed by atoms with E-state index in [-0.39, 0.29) is 49.2 Å². The number of carbonyl (C=O) groups is 14. The van der Waals surface area contributed by atoms with E-state index in [0.717, 1.165) is 90.4 Å². The van der Waals surface area contributed by atoms with Crippen molar-refractivity contribution in [2.75, 3.05) is 31.9 Å². The van der Waals surface area contributed by atoms with Crippen molar-refractivity contribution in [2.45, 2.75) is 293 Å². The number of unbranched alkanes of at least 4 members (excludes halogenated alkanes) is 10. The zero-order chi connectivity index (χ0) is 81.7. The van der Waals surface area contributed by atoms with Crippen LogP contribution in [0.1, 0.15) is 177 Å². The molecule has 0 bridgehead atoms. The van der Waals surface area contributed by atoms with E-state index in [4.69, 9.17) is 21.9 Å². The van der Waals surface area contributed by atoms with Crippen molar-refractivity contribution in [3.05, 3.63) is 23.8 Å². The molecule has 38 nitrogen and oxygen atoms in total. The molecule has 109 heavy (non-hydrogen) atoms. The Hall–Kier alpha value is -8.92. The molecule has 38 heteroatoms. The molecule has 0 aliphatic carbocycles. The number of ether oxygens (including phenoxy) is 1. The summed E-state index contributed by atoms with van der Waals surface area (Å²) in [5.41, 5.74) is 17.3. The number of aromatic hydroxyl groups is 1. The van der Waals surface area contributed by atoms with Crippen molar-refractivity contribution in [1.82, 2.24) is 63.0 Å². The number of nitrogens with two attached hydrogens (primary N) is 3. The maximum Gasteiger partial charge on any atom is 0.328 e. The molecular weight excluding hydrogens is 1430 g/mol. The molecule has 614 valence electrons. The Bertz CT molecular complexity index is 3270. The lowest BCUT2D eigenvalue weighted by Crippen LogP contribution is -2.64. The molecule has 3 fully saturated rings. The number of phenolic OH excluding ortho intramolecular Hbond substituents is 1. The Balaban J connectivity index is 1.81. The molecule has 1 aromatic carbocycles. The number of anilines is 1. The molecule has 4 rings (SSSR count). The average Bonchev–Trinajstić information content (AvgIpc) is 1.70. The molecule has 3 saturated heterocycles. The summed E-state index contributed by atoms with van der Waals surface area (Å²) in [6.07, 6.45) is -6.20. The van der Waals surface area contributed by atoms with Crippen LogP contribution in [0.2, 0.25) is 0 Å². The lowest BCUT2D eigenvalue weighted by Gasteiger charge is -2.34. The predicted octanol–water partition coefficient (Wildman–Crippen LogP) is -5.89. The fourth-order valence-electron chi connectivity index (χ4n) is 12.9. The number of nitrogen functional groups attached to an aromatic ring is 1. The number of carbonyl (C=O) groups excluding carboxylic acids is 14. The number of amides is 13. The normalized spacial score (nSPS) is 28.0. The maximum absolute atomic E-state index is 14.8. The summed E-state index contributed by atoms with van der Waals surface area (Å²) in [6.45, 7) is 8.60. The van der Waals surface area contributed by atoms with Gasteiger partial charge >= 0.3 is 5.97 Å². The van der Waals surface area contributed by atoms with Gasteiger partial charge < -0.3 is 126 Å². The van der Waals surface area contributed by atoms with Crippen molar-refractivity contribution >= 4 is 88.5 Å². The molecule has 24 N–H and O–H groups in total. The molecule has 0 radical (unpaired) electrons. The first-order valence-corrected chi connectivity index (χ1v) is 37.4. The van der Waals surface area contributed by atoms with E-state index in [1.54, 1.807) is 0 Å². The maximum atomic E-state index is 14.8. The van der Waals surface area contributed by atoms with Gasteiger partial charge in [0.25, 0.3) is 0 Å². The smallest absolute Gasteiger partial charge is 0.328 e. The third-order valence-corrected chi connectivity index (χ3v) is 19.1. The number of aliphatic hydroxyl groups is 7. The van der Waals surface area contributed by atoms with Gasteiger partial charge in [0, 0.05) is 25.9 Å². The molecular formula is C71H117N15O23. The summed E-state index contributed by atoms with van der Waals surface area (Å²) in [5.74, 6) is -17.5. The van der Waals surface area contributed by atoms with Gasteiger partial charge in [0.05, 0.1) is 67.8 Å². The number of phenols is 1. The minimum Gasteiger partial charge on any atom is -0.506 e. The van der Waals surface area contributed by atoms with E-state index in [9.17, 15) is 108 Å². The van der Waals surface area contributed by atoms with Gasteiger partial charge in [-0.05, 0) is 96.9 Å². The van der Waals surface area contributed by atoms with Crippen molar-refractivity contribution in [2.24, 2.45) is 17.4 Å². The highest BCUT2D eigenvalue weighted by Gasteiger charge is 2.48. The number of cyclic esters (lactones) is 1. The highest BCUT2D eigenvalue weighted by atomic mass is 16.5. The van der Waals surface area contributed by atoms with Crippen molar-refractivity contribution < 1.29 is 113 Å². The number of esters is 1. The number of fused-ring (bicyclic) bond motifs is 2. The first kappa shape index (κ1) is 92.5. The first-order valence-electron chi connectivity index (χ1n) is 37.4. The highest BCUT2D eigenvalue weighted by molar-refractivity contribution is 6.00. The zero-order valence-electron chi connectivity index (χ0n) is 63.4. The van der Waals surface area contributed by atoms with Crippen LogP contribution in [0, 0.1) is 5.92 Å². The second-order valence-corrected chi connectivity index (χ2v) is 28.9. The molecule has 0 unspecified atom stereocenters. The van der Waals surface area contributed by atoms with Crippen LogP contribution in [-0.2, 0) is 78.3 Å². The van der Waals surface area contributed by atoms with Crippen molar-refractivity contribution in [1.29, 1.82) is 0 Å². The van der Waals surface area contributed by atoms with Crippen LogP contribution in [0.3, 0.4) is 0 Å². The van der Waals surface area contributed by atoms with Crippen LogP contribution in [-0.4, -0.2) is 275 Å². The van der Waals surface area contributed by atoms with Gasteiger partial charge in [-0.3, -0.25) is 62.3 Å². The Kier molecular flexibility index (Phi) is 38.4. The van der Waals surface area contributed by atoms with Gasteiger partial charge in [-0.15, -0.1) is 0 Å². The van der Waals surface area contributed by atoms with Crippen LogP contribution in [0.15, 0.2) is 18.2 Å². The number of hydrogen-bond acceptors (Lipinski definition) is 25. The molecule has 3 aliphatic rings.